The summed E-state index contributed by atoms with van der Waals surface area (Å²) in [6.45, 7) is 1.28. The van der Waals surface area contributed by atoms with Crippen LogP contribution >= 0.6 is 11.6 Å². The Labute approximate surface area is 173 Å². The number of halogens is 1. The quantitative estimate of drug-likeness (QED) is 0.613. The Kier molecular flexibility index (Phi) is 5.86. The fourth-order valence-electron chi connectivity index (χ4n) is 3.59. The second kappa shape index (κ2) is 8.70. The van der Waals surface area contributed by atoms with E-state index in [1.54, 1.807) is 48.5 Å². The summed E-state index contributed by atoms with van der Waals surface area (Å²) in [6.07, 6.45) is 4.28. The van der Waals surface area contributed by atoms with Gasteiger partial charge in [-0.05, 0) is 49.2 Å². The first-order valence-corrected chi connectivity index (χ1v) is 10.2. The van der Waals surface area contributed by atoms with Crippen LogP contribution in [-0.2, 0) is 4.79 Å². The van der Waals surface area contributed by atoms with Gasteiger partial charge < -0.3 is 14.1 Å². The van der Waals surface area contributed by atoms with E-state index in [2.05, 4.69) is 0 Å². The summed E-state index contributed by atoms with van der Waals surface area (Å²) in [5.41, 5.74) is 0.837. The van der Waals surface area contributed by atoms with Gasteiger partial charge in [-0.2, -0.15) is 0 Å². The van der Waals surface area contributed by atoms with Gasteiger partial charge >= 0.3 is 0 Å². The van der Waals surface area contributed by atoms with Crippen molar-refractivity contribution >= 4 is 28.5 Å². The van der Waals surface area contributed by atoms with Gasteiger partial charge in [-0.15, -0.1) is 0 Å². The third-order valence-corrected chi connectivity index (χ3v) is 5.41. The molecule has 0 N–H and O–H groups in total. The summed E-state index contributed by atoms with van der Waals surface area (Å²) in [4.78, 5) is 27.6. The minimum absolute atomic E-state index is 0.0502. The number of hydrogen-bond donors (Lipinski definition) is 0. The minimum atomic E-state index is -0.291. The van der Waals surface area contributed by atoms with E-state index >= 15 is 0 Å². The molecule has 1 aromatic heterocycles. The maximum atomic E-state index is 13.1. The molecule has 0 saturated carbocycles. The van der Waals surface area contributed by atoms with Crippen molar-refractivity contribution in [1.29, 1.82) is 0 Å². The molecule has 1 aliphatic heterocycles. The van der Waals surface area contributed by atoms with E-state index in [0.29, 0.717) is 27.3 Å². The number of ether oxygens (including phenoxy) is 1. The van der Waals surface area contributed by atoms with Gasteiger partial charge in [0.2, 0.25) is 11.2 Å². The molecule has 0 aliphatic carbocycles. The van der Waals surface area contributed by atoms with Gasteiger partial charge in [0, 0.05) is 23.7 Å². The van der Waals surface area contributed by atoms with Crippen LogP contribution in [0.2, 0.25) is 5.02 Å². The molecule has 5 nitrogen and oxygen atoms in total. The summed E-state index contributed by atoms with van der Waals surface area (Å²) in [6, 6.07) is 14.0. The summed E-state index contributed by atoms with van der Waals surface area (Å²) < 4.78 is 11.8. The van der Waals surface area contributed by atoms with Crippen molar-refractivity contribution in [1.82, 2.24) is 4.90 Å². The molecular weight excluding hydrogens is 390 g/mol. The molecule has 1 fully saturated rings. The molecule has 0 radical (unpaired) electrons. The smallest absolute Gasteiger partial charge is 0.260 e. The number of carbonyl (C=O) groups excluding carboxylic acids is 1. The van der Waals surface area contributed by atoms with Crippen LogP contribution in [0.15, 0.2) is 57.7 Å². The number of nitrogens with zero attached hydrogens (tertiary/aromatic N) is 1. The van der Waals surface area contributed by atoms with E-state index in [9.17, 15) is 9.59 Å². The van der Waals surface area contributed by atoms with Crippen LogP contribution in [-0.4, -0.2) is 30.5 Å². The fraction of sp³-hybridized carbons (Fsp3) is 0.304. The number of likely N-dealkylation sites (tertiary alicyclic amines) is 1. The van der Waals surface area contributed by atoms with E-state index in [1.165, 1.54) is 0 Å². The predicted molar refractivity (Wildman–Crippen MR) is 113 cm³/mol. The number of hydrogen-bond acceptors (Lipinski definition) is 4. The lowest BCUT2D eigenvalue weighted by molar-refractivity contribution is -0.133. The minimum Gasteiger partial charge on any atom is -0.476 e. The third kappa shape index (κ3) is 4.30. The number of carbonyl (C=O) groups is 1. The van der Waals surface area contributed by atoms with Gasteiger partial charge in [-0.3, -0.25) is 9.59 Å². The normalized spacial score (nSPS) is 14.6. The Bertz CT molecular complexity index is 1070. The number of para-hydroxylation sites is 1. The number of benzene rings is 2. The highest BCUT2D eigenvalue weighted by Crippen LogP contribution is 2.31. The lowest BCUT2D eigenvalue weighted by Gasteiger charge is -2.20. The highest BCUT2D eigenvalue weighted by molar-refractivity contribution is 6.30. The summed E-state index contributed by atoms with van der Waals surface area (Å²) >= 11 is 5.99. The molecule has 1 aliphatic rings. The standard InChI is InChI=1S/C23H22ClNO4/c24-17-11-9-16(10-12-17)22-23(21(27)18-7-3-4-8-19(18)29-22)28-15-20(26)25-13-5-1-2-6-14-25/h3-4,7-12H,1-2,5-6,13-15H2. The monoisotopic (exact) mass is 411 g/mol. The molecule has 2 heterocycles. The molecule has 3 aromatic rings. The largest absolute Gasteiger partial charge is 0.476 e. The van der Waals surface area contributed by atoms with Gasteiger partial charge in [0.15, 0.2) is 12.4 Å². The number of rotatable bonds is 4. The molecule has 0 atom stereocenters. The van der Waals surface area contributed by atoms with Crippen molar-refractivity contribution in [2.45, 2.75) is 25.7 Å². The molecule has 6 heteroatoms. The first-order valence-electron chi connectivity index (χ1n) is 9.86. The Morgan fingerprint density at radius 1 is 1.00 bits per heavy atom. The zero-order valence-corrected chi connectivity index (χ0v) is 16.8. The van der Waals surface area contributed by atoms with Gasteiger partial charge in [0.05, 0.1) is 5.39 Å². The van der Waals surface area contributed by atoms with Crippen molar-refractivity contribution in [3.8, 4) is 17.1 Å². The van der Waals surface area contributed by atoms with Gasteiger partial charge in [-0.25, -0.2) is 0 Å². The first kappa shape index (κ1) is 19.5. The van der Waals surface area contributed by atoms with Gasteiger partial charge in [0.25, 0.3) is 5.91 Å². The molecule has 1 amide bonds. The van der Waals surface area contributed by atoms with Crippen LogP contribution in [0.25, 0.3) is 22.3 Å². The molecule has 0 spiro atoms. The van der Waals surface area contributed by atoms with Crippen molar-refractivity contribution in [2.75, 3.05) is 19.7 Å². The molecule has 0 bridgehead atoms. The maximum Gasteiger partial charge on any atom is 0.260 e. The van der Waals surface area contributed by atoms with Crippen LogP contribution in [0.5, 0.6) is 5.75 Å². The first-order chi connectivity index (χ1) is 14.1. The molecule has 2 aromatic carbocycles. The van der Waals surface area contributed by atoms with Crippen LogP contribution in [0, 0.1) is 0 Å². The predicted octanol–water partition coefficient (Wildman–Crippen LogP) is 4.89. The second-order valence-electron chi connectivity index (χ2n) is 7.18. The molecule has 29 heavy (non-hydrogen) atoms. The molecule has 150 valence electrons. The third-order valence-electron chi connectivity index (χ3n) is 5.16. The van der Waals surface area contributed by atoms with Crippen LogP contribution < -0.4 is 10.2 Å². The fourth-order valence-corrected chi connectivity index (χ4v) is 3.72. The van der Waals surface area contributed by atoms with E-state index in [4.69, 9.17) is 20.8 Å². The Balaban J connectivity index is 1.69. The SMILES string of the molecule is O=C(COc1c(-c2ccc(Cl)cc2)oc2ccccc2c1=O)N1CCCCCC1. The maximum absolute atomic E-state index is 13.1. The van der Waals surface area contributed by atoms with E-state index < -0.39 is 0 Å². The van der Waals surface area contributed by atoms with Gasteiger partial charge in [-0.1, -0.05) is 36.6 Å². The van der Waals surface area contributed by atoms with Crippen LogP contribution in [0.1, 0.15) is 25.7 Å². The van der Waals surface area contributed by atoms with Crippen molar-refractivity contribution in [2.24, 2.45) is 0 Å². The van der Waals surface area contributed by atoms with Crippen LogP contribution in [0.3, 0.4) is 0 Å². The zero-order chi connectivity index (χ0) is 20.2. The summed E-state index contributed by atoms with van der Waals surface area (Å²) in [7, 11) is 0. The highest BCUT2D eigenvalue weighted by atomic mass is 35.5. The van der Waals surface area contributed by atoms with Crippen molar-refractivity contribution < 1.29 is 13.9 Å². The topological polar surface area (TPSA) is 59.8 Å². The Hall–Kier alpha value is -2.79. The molecule has 4 rings (SSSR count). The highest BCUT2D eigenvalue weighted by Gasteiger charge is 2.21. The van der Waals surface area contributed by atoms with E-state index in [-0.39, 0.29) is 23.7 Å². The molecule has 1 saturated heterocycles. The van der Waals surface area contributed by atoms with E-state index in [1.807, 2.05) is 4.90 Å². The average molecular weight is 412 g/mol. The van der Waals surface area contributed by atoms with Crippen molar-refractivity contribution in [3.05, 3.63) is 63.8 Å². The van der Waals surface area contributed by atoms with E-state index in [0.717, 1.165) is 38.8 Å². The number of fused-ring (bicyclic) bond motifs is 1. The molecule has 0 unspecified atom stereocenters. The zero-order valence-electron chi connectivity index (χ0n) is 16.0. The van der Waals surface area contributed by atoms with Crippen LogP contribution in [0.4, 0.5) is 0 Å². The summed E-state index contributed by atoms with van der Waals surface area (Å²) in [5.74, 6) is 0.241. The second-order valence-corrected chi connectivity index (χ2v) is 7.61. The lowest BCUT2D eigenvalue weighted by Crippen LogP contribution is -2.36. The average Bonchev–Trinajstić information content (AvgIpc) is 3.03. The Morgan fingerprint density at radius 3 is 2.41 bits per heavy atom. The Morgan fingerprint density at radius 2 is 1.69 bits per heavy atom. The van der Waals surface area contributed by atoms with Crippen molar-refractivity contribution in [3.63, 3.8) is 0 Å². The molecular formula is C23H22ClNO4. The lowest BCUT2D eigenvalue weighted by atomic mass is 10.1. The summed E-state index contributed by atoms with van der Waals surface area (Å²) in [5, 5.41) is 0.998. The van der Waals surface area contributed by atoms with Gasteiger partial charge in [0.1, 0.15) is 5.58 Å². The number of amides is 1.